The lowest BCUT2D eigenvalue weighted by Gasteiger charge is -2.17. The largest absolute Gasteiger partial charge is 0.508 e. The first-order valence-electron chi connectivity index (χ1n) is 9.63. The first-order chi connectivity index (χ1) is 14.5. The van der Waals surface area contributed by atoms with Gasteiger partial charge in [0.05, 0.1) is 17.4 Å². The minimum atomic E-state index is -0.225. The summed E-state index contributed by atoms with van der Waals surface area (Å²) < 4.78 is 0. The average molecular weight is 420 g/mol. The van der Waals surface area contributed by atoms with E-state index in [0.29, 0.717) is 10.8 Å². The third kappa shape index (κ3) is 4.11. The number of carbonyl (C=O) groups is 2. The molecule has 1 aliphatic carbocycles. The van der Waals surface area contributed by atoms with Crippen LogP contribution in [0.4, 0.5) is 10.8 Å². The van der Waals surface area contributed by atoms with E-state index < -0.39 is 0 Å². The number of para-hydroxylation sites is 1. The van der Waals surface area contributed by atoms with Gasteiger partial charge in [-0.2, -0.15) is 0 Å². The van der Waals surface area contributed by atoms with E-state index in [1.165, 1.54) is 24.3 Å². The Morgan fingerprint density at radius 3 is 2.77 bits per heavy atom. The van der Waals surface area contributed by atoms with Crippen LogP contribution in [-0.4, -0.2) is 21.9 Å². The van der Waals surface area contributed by atoms with E-state index in [1.807, 2.05) is 36.4 Å². The van der Waals surface area contributed by atoms with Gasteiger partial charge in [-0.1, -0.05) is 30.3 Å². The highest BCUT2D eigenvalue weighted by Crippen LogP contribution is 2.36. The maximum absolute atomic E-state index is 12.4. The molecule has 30 heavy (non-hydrogen) atoms. The van der Waals surface area contributed by atoms with E-state index in [9.17, 15) is 14.7 Å². The van der Waals surface area contributed by atoms with Crippen LogP contribution in [0.2, 0.25) is 0 Å². The highest BCUT2D eigenvalue weighted by molar-refractivity contribution is 7.14. The molecule has 2 amide bonds. The Morgan fingerprint density at radius 2 is 2.00 bits per heavy atom. The van der Waals surface area contributed by atoms with Crippen LogP contribution >= 0.6 is 11.3 Å². The van der Waals surface area contributed by atoms with Crippen LogP contribution in [0.25, 0.3) is 6.08 Å². The summed E-state index contributed by atoms with van der Waals surface area (Å²) in [6.07, 6.45) is 4.59. The number of anilines is 2. The quantitative estimate of drug-likeness (QED) is 0.603. The minimum Gasteiger partial charge on any atom is -0.508 e. The average Bonchev–Trinajstić information content (AvgIpc) is 3.36. The van der Waals surface area contributed by atoms with E-state index in [4.69, 9.17) is 0 Å². The predicted molar refractivity (Wildman–Crippen MR) is 118 cm³/mol. The minimum absolute atomic E-state index is 0.110. The number of nitrogens with zero attached hydrogens (tertiary/aromatic N) is 2. The van der Waals surface area contributed by atoms with Crippen molar-refractivity contribution in [2.24, 2.45) is 0 Å². The van der Waals surface area contributed by atoms with Crippen molar-refractivity contribution in [3.05, 3.63) is 76.8 Å². The van der Waals surface area contributed by atoms with Crippen molar-refractivity contribution >= 4 is 40.0 Å². The fourth-order valence-electron chi connectivity index (χ4n) is 3.63. The lowest BCUT2D eigenvalue weighted by atomic mass is 10.1. The summed E-state index contributed by atoms with van der Waals surface area (Å²) >= 11 is 1.34. The van der Waals surface area contributed by atoms with Gasteiger partial charge < -0.3 is 10.4 Å². The zero-order valence-electron chi connectivity index (χ0n) is 16.4. The number of nitrogens with one attached hydrogen (secondary N) is 1. The number of hydrogen-bond donors (Lipinski definition) is 2. The lowest BCUT2D eigenvalue weighted by molar-refractivity contribution is -0.117. The number of phenols is 1. The SMILES string of the molecule is CC(=O)N(c1ccccc1)c1nc(C=CC(=O)NC2CCc3c(O)cccc32)cs1. The lowest BCUT2D eigenvalue weighted by Crippen LogP contribution is -2.25. The third-order valence-electron chi connectivity index (χ3n) is 5.00. The standard InChI is InChI=1S/C23H21N3O3S/c1-15(27)26(17-6-3-2-4-7-17)23-24-16(14-30-23)10-13-22(29)25-20-12-11-19-18(20)8-5-9-21(19)28/h2-10,13-14,20,28H,11-12H2,1H3,(H,25,29). The van der Waals surface area contributed by atoms with Crippen molar-refractivity contribution in [2.45, 2.75) is 25.8 Å². The number of phenolic OH excluding ortho intramolecular Hbond substituents is 1. The normalized spacial score (nSPS) is 15.2. The number of amides is 2. The monoisotopic (exact) mass is 419 g/mol. The zero-order chi connectivity index (χ0) is 21.1. The molecule has 0 fully saturated rings. The Morgan fingerprint density at radius 1 is 1.20 bits per heavy atom. The number of aromatic nitrogens is 1. The molecule has 2 aromatic carbocycles. The number of thiazole rings is 1. The molecule has 152 valence electrons. The second kappa shape index (κ2) is 8.51. The van der Waals surface area contributed by atoms with E-state index in [0.717, 1.165) is 29.7 Å². The molecule has 0 bridgehead atoms. The van der Waals surface area contributed by atoms with Crippen molar-refractivity contribution in [3.8, 4) is 5.75 Å². The summed E-state index contributed by atoms with van der Waals surface area (Å²) in [5.41, 5.74) is 3.22. The molecule has 3 aromatic rings. The van der Waals surface area contributed by atoms with Gasteiger partial charge in [-0.3, -0.25) is 14.5 Å². The first kappa shape index (κ1) is 19.8. The van der Waals surface area contributed by atoms with Crippen LogP contribution in [0.15, 0.2) is 60.0 Å². The molecule has 1 atom stereocenters. The topological polar surface area (TPSA) is 82.5 Å². The van der Waals surface area contributed by atoms with Gasteiger partial charge in [0.2, 0.25) is 11.8 Å². The molecule has 0 radical (unpaired) electrons. The molecule has 6 nitrogen and oxygen atoms in total. The molecule has 0 aliphatic heterocycles. The zero-order valence-corrected chi connectivity index (χ0v) is 17.2. The number of benzene rings is 2. The van der Waals surface area contributed by atoms with Gasteiger partial charge in [-0.25, -0.2) is 4.98 Å². The summed E-state index contributed by atoms with van der Waals surface area (Å²) in [6, 6.07) is 14.6. The van der Waals surface area contributed by atoms with Crippen LogP contribution in [0.1, 0.15) is 36.2 Å². The van der Waals surface area contributed by atoms with Crippen LogP contribution in [0.3, 0.4) is 0 Å². The van der Waals surface area contributed by atoms with Crippen LogP contribution in [0.5, 0.6) is 5.75 Å². The van der Waals surface area contributed by atoms with Crippen LogP contribution in [-0.2, 0) is 16.0 Å². The maximum atomic E-state index is 12.4. The Kier molecular flexibility index (Phi) is 5.63. The van der Waals surface area contributed by atoms with E-state index in [1.54, 1.807) is 28.5 Å². The molecule has 0 spiro atoms. The Labute approximate surface area is 178 Å². The molecule has 1 aromatic heterocycles. The van der Waals surface area contributed by atoms with Crippen molar-refractivity contribution in [2.75, 3.05) is 4.90 Å². The van der Waals surface area contributed by atoms with Gasteiger partial charge in [0.1, 0.15) is 5.75 Å². The number of hydrogen-bond acceptors (Lipinski definition) is 5. The molecule has 0 saturated heterocycles. The molecule has 0 saturated carbocycles. The van der Waals surface area contributed by atoms with Gasteiger partial charge in [-0.15, -0.1) is 11.3 Å². The summed E-state index contributed by atoms with van der Waals surface area (Å²) in [7, 11) is 0. The Bertz CT molecular complexity index is 1110. The van der Waals surface area contributed by atoms with E-state index >= 15 is 0 Å². The molecule has 2 N–H and O–H groups in total. The maximum Gasteiger partial charge on any atom is 0.244 e. The third-order valence-corrected chi connectivity index (χ3v) is 5.84. The van der Waals surface area contributed by atoms with Crippen molar-refractivity contribution in [1.82, 2.24) is 10.3 Å². The highest BCUT2D eigenvalue weighted by Gasteiger charge is 2.25. The summed E-state index contributed by atoms with van der Waals surface area (Å²) in [5, 5.41) is 15.3. The molecule has 1 aliphatic rings. The predicted octanol–water partition coefficient (Wildman–Crippen LogP) is 4.35. The smallest absolute Gasteiger partial charge is 0.244 e. The number of rotatable bonds is 5. The molecule has 1 unspecified atom stereocenters. The van der Waals surface area contributed by atoms with Crippen molar-refractivity contribution in [1.29, 1.82) is 0 Å². The Balaban J connectivity index is 1.44. The summed E-state index contributed by atoms with van der Waals surface area (Å²) in [5.74, 6) is -0.0764. The molecule has 7 heteroatoms. The second-order valence-electron chi connectivity index (χ2n) is 7.02. The fraction of sp³-hybridized carbons (Fsp3) is 0.174. The van der Waals surface area contributed by atoms with E-state index in [2.05, 4.69) is 10.3 Å². The van der Waals surface area contributed by atoms with Gasteiger partial charge in [-0.05, 0) is 48.2 Å². The number of fused-ring (bicyclic) bond motifs is 1. The Hall–Kier alpha value is -3.45. The summed E-state index contributed by atoms with van der Waals surface area (Å²) in [6.45, 7) is 1.49. The highest BCUT2D eigenvalue weighted by atomic mass is 32.1. The molecule has 1 heterocycles. The van der Waals surface area contributed by atoms with Gasteiger partial charge in [0.15, 0.2) is 5.13 Å². The van der Waals surface area contributed by atoms with Gasteiger partial charge in [0, 0.05) is 18.4 Å². The second-order valence-corrected chi connectivity index (χ2v) is 7.86. The van der Waals surface area contributed by atoms with Gasteiger partial charge in [0.25, 0.3) is 0 Å². The van der Waals surface area contributed by atoms with Gasteiger partial charge >= 0.3 is 0 Å². The van der Waals surface area contributed by atoms with E-state index in [-0.39, 0.29) is 23.6 Å². The summed E-state index contributed by atoms with van der Waals surface area (Å²) in [4.78, 5) is 30.5. The molecule has 4 rings (SSSR count). The van der Waals surface area contributed by atoms with Crippen LogP contribution in [0, 0.1) is 0 Å². The number of carbonyl (C=O) groups excluding carboxylic acids is 2. The van der Waals surface area contributed by atoms with Crippen LogP contribution < -0.4 is 10.2 Å². The fourth-order valence-corrected chi connectivity index (χ4v) is 4.48. The molecular formula is C23H21N3O3S. The molecular weight excluding hydrogens is 398 g/mol. The first-order valence-corrected chi connectivity index (χ1v) is 10.5. The van der Waals surface area contributed by atoms with Crippen molar-refractivity contribution in [3.63, 3.8) is 0 Å². The van der Waals surface area contributed by atoms with Crippen molar-refractivity contribution < 1.29 is 14.7 Å². The number of aromatic hydroxyl groups is 1.